The molecule has 3 N–H and O–H groups in total. The Morgan fingerprint density at radius 2 is 2.11 bits per heavy atom. The number of rotatable bonds is 3. The van der Waals surface area contributed by atoms with Gasteiger partial charge in [-0.3, -0.25) is 0 Å². The molecule has 58 valence electrons. The van der Waals surface area contributed by atoms with E-state index < -0.39 is 6.10 Å². The molecule has 9 heavy (non-hydrogen) atoms. The van der Waals surface area contributed by atoms with E-state index in [0.717, 1.165) is 0 Å². The fourth-order valence-corrected chi connectivity index (χ4v) is 0.332. The van der Waals surface area contributed by atoms with Crippen LogP contribution < -0.4 is 5.73 Å². The summed E-state index contributed by atoms with van der Waals surface area (Å²) in [5, 5.41) is 8.75. The SMILES string of the molecule is COCC(N)[C@@H](C)O.Cl. The summed E-state index contributed by atoms with van der Waals surface area (Å²) in [7, 11) is 1.56. The van der Waals surface area contributed by atoms with Crippen LogP contribution in [0.4, 0.5) is 0 Å². The number of methoxy groups -OCH3 is 1. The molecule has 0 aliphatic carbocycles. The summed E-state index contributed by atoms with van der Waals surface area (Å²) in [5.41, 5.74) is 5.35. The van der Waals surface area contributed by atoms with E-state index in [4.69, 9.17) is 10.8 Å². The van der Waals surface area contributed by atoms with Crippen LogP contribution in [0.1, 0.15) is 6.92 Å². The first-order chi connectivity index (χ1) is 3.68. The van der Waals surface area contributed by atoms with Crippen LogP contribution in [-0.4, -0.2) is 31.0 Å². The van der Waals surface area contributed by atoms with E-state index in [0.29, 0.717) is 6.61 Å². The number of aliphatic hydroxyl groups excluding tert-OH is 1. The zero-order chi connectivity index (χ0) is 6.57. The molecule has 1 unspecified atom stereocenters. The molecular weight excluding hydrogens is 142 g/mol. The van der Waals surface area contributed by atoms with Gasteiger partial charge in [0.15, 0.2) is 0 Å². The maximum Gasteiger partial charge on any atom is 0.0685 e. The predicted molar refractivity (Wildman–Crippen MR) is 38.8 cm³/mol. The number of hydrogen-bond acceptors (Lipinski definition) is 3. The monoisotopic (exact) mass is 155 g/mol. The summed E-state index contributed by atoms with van der Waals surface area (Å²) in [6.45, 7) is 2.06. The minimum Gasteiger partial charge on any atom is -0.392 e. The smallest absolute Gasteiger partial charge is 0.0685 e. The Hall–Kier alpha value is 0.170. The van der Waals surface area contributed by atoms with Crippen LogP contribution in [0.25, 0.3) is 0 Å². The third kappa shape index (κ3) is 6.05. The molecule has 0 radical (unpaired) electrons. The normalized spacial score (nSPS) is 16.0. The Labute approximate surface area is 61.6 Å². The molecule has 4 heteroatoms. The first-order valence-electron chi connectivity index (χ1n) is 2.61. The molecule has 0 aliphatic heterocycles. The quantitative estimate of drug-likeness (QED) is 0.592. The van der Waals surface area contributed by atoms with Gasteiger partial charge in [0.1, 0.15) is 0 Å². The van der Waals surface area contributed by atoms with Gasteiger partial charge >= 0.3 is 0 Å². The van der Waals surface area contributed by atoms with Crippen molar-refractivity contribution in [2.45, 2.75) is 19.1 Å². The highest BCUT2D eigenvalue weighted by atomic mass is 35.5. The van der Waals surface area contributed by atoms with Gasteiger partial charge in [-0.1, -0.05) is 0 Å². The van der Waals surface area contributed by atoms with Crippen LogP contribution in [0.15, 0.2) is 0 Å². The van der Waals surface area contributed by atoms with Gasteiger partial charge < -0.3 is 15.6 Å². The van der Waals surface area contributed by atoms with Crippen molar-refractivity contribution >= 4 is 12.4 Å². The standard InChI is InChI=1S/C5H13NO2.ClH/c1-4(7)5(6)3-8-2;/h4-5,7H,3,6H2,1-2H3;1H/t4-,5?;/m1./s1. The molecule has 0 aromatic carbocycles. The predicted octanol–water partition coefficient (Wildman–Crippen LogP) is -0.237. The molecule has 0 saturated heterocycles. The highest BCUT2D eigenvalue weighted by molar-refractivity contribution is 5.85. The second-order valence-electron chi connectivity index (χ2n) is 1.86. The molecule has 0 rings (SSSR count). The Balaban J connectivity index is 0. The summed E-state index contributed by atoms with van der Waals surface area (Å²) in [6.07, 6.45) is -0.477. The molecule has 0 aromatic rings. The lowest BCUT2D eigenvalue weighted by atomic mass is 10.2. The molecule has 0 spiro atoms. The number of ether oxygens (including phenoxy) is 1. The molecule has 0 aromatic heterocycles. The van der Waals surface area contributed by atoms with Crippen LogP contribution in [0.2, 0.25) is 0 Å². The summed E-state index contributed by atoms with van der Waals surface area (Å²) >= 11 is 0. The molecule has 0 aliphatic rings. The molecule has 2 atom stereocenters. The lowest BCUT2D eigenvalue weighted by molar-refractivity contribution is 0.0984. The fraction of sp³-hybridized carbons (Fsp3) is 1.00. The van der Waals surface area contributed by atoms with Crippen molar-refractivity contribution in [1.82, 2.24) is 0 Å². The summed E-state index contributed by atoms with van der Waals surface area (Å²) < 4.78 is 4.68. The minimum atomic E-state index is -0.477. The van der Waals surface area contributed by atoms with Gasteiger partial charge in [0.25, 0.3) is 0 Å². The maximum atomic E-state index is 8.75. The van der Waals surface area contributed by atoms with Gasteiger partial charge in [-0.2, -0.15) is 0 Å². The van der Waals surface area contributed by atoms with Gasteiger partial charge in [-0.15, -0.1) is 12.4 Å². The van der Waals surface area contributed by atoms with E-state index in [1.165, 1.54) is 0 Å². The van der Waals surface area contributed by atoms with E-state index in [-0.39, 0.29) is 18.4 Å². The third-order valence-corrected chi connectivity index (χ3v) is 0.979. The molecule has 0 saturated carbocycles. The molecule has 0 amide bonds. The highest BCUT2D eigenvalue weighted by Crippen LogP contribution is 1.86. The summed E-state index contributed by atoms with van der Waals surface area (Å²) in [4.78, 5) is 0. The number of hydrogen-bond donors (Lipinski definition) is 2. The Morgan fingerprint density at radius 3 is 2.22 bits per heavy atom. The second-order valence-corrected chi connectivity index (χ2v) is 1.86. The fourth-order valence-electron chi connectivity index (χ4n) is 0.332. The van der Waals surface area contributed by atoms with Crippen molar-refractivity contribution in [3.63, 3.8) is 0 Å². The maximum absolute atomic E-state index is 8.75. The van der Waals surface area contributed by atoms with E-state index in [2.05, 4.69) is 4.74 Å². The van der Waals surface area contributed by atoms with Crippen molar-refractivity contribution in [2.75, 3.05) is 13.7 Å². The Morgan fingerprint density at radius 1 is 1.67 bits per heavy atom. The zero-order valence-corrected chi connectivity index (χ0v) is 6.52. The summed E-state index contributed by atoms with van der Waals surface area (Å²) in [6, 6.07) is -0.250. The molecule has 0 fully saturated rings. The lowest BCUT2D eigenvalue weighted by Gasteiger charge is -2.11. The van der Waals surface area contributed by atoms with Crippen LogP contribution in [0.5, 0.6) is 0 Å². The second kappa shape index (κ2) is 6.29. The minimum absolute atomic E-state index is 0. The summed E-state index contributed by atoms with van der Waals surface area (Å²) in [5.74, 6) is 0. The van der Waals surface area contributed by atoms with Crippen LogP contribution in [0.3, 0.4) is 0 Å². The van der Waals surface area contributed by atoms with E-state index in [1.54, 1.807) is 14.0 Å². The molecule has 0 bridgehead atoms. The average Bonchev–Trinajstić information content (AvgIpc) is 1.67. The van der Waals surface area contributed by atoms with Gasteiger partial charge in [0.05, 0.1) is 18.8 Å². The molecular formula is C5H14ClNO2. The topological polar surface area (TPSA) is 55.5 Å². The highest BCUT2D eigenvalue weighted by Gasteiger charge is 2.06. The van der Waals surface area contributed by atoms with E-state index in [9.17, 15) is 0 Å². The molecule has 3 nitrogen and oxygen atoms in total. The molecule has 0 heterocycles. The van der Waals surface area contributed by atoms with Gasteiger partial charge in [0.2, 0.25) is 0 Å². The van der Waals surface area contributed by atoms with E-state index >= 15 is 0 Å². The van der Waals surface area contributed by atoms with E-state index in [1.807, 2.05) is 0 Å². The average molecular weight is 156 g/mol. The number of nitrogens with two attached hydrogens (primary N) is 1. The van der Waals surface area contributed by atoms with Gasteiger partial charge in [-0.05, 0) is 6.92 Å². The van der Waals surface area contributed by atoms with Crippen molar-refractivity contribution < 1.29 is 9.84 Å². The number of aliphatic hydroxyl groups is 1. The van der Waals surface area contributed by atoms with Gasteiger partial charge in [-0.25, -0.2) is 0 Å². The largest absolute Gasteiger partial charge is 0.392 e. The van der Waals surface area contributed by atoms with Crippen molar-refractivity contribution in [2.24, 2.45) is 5.73 Å². The van der Waals surface area contributed by atoms with Crippen molar-refractivity contribution in [1.29, 1.82) is 0 Å². The first-order valence-corrected chi connectivity index (χ1v) is 2.61. The van der Waals surface area contributed by atoms with Crippen LogP contribution >= 0.6 is 12.4 Å². The van der Waals surface area contributed by atoms with Crippen LogP contribution in [-0.2, 0) is 4.74 Å². The zero-order valence-electron chi connectivity index (χ0n) is 5.70. The Kier molecular flexibility index (Phi) is 8.32. The van der Waals surface area contributed by atoms with Crippen molar-refractivity contribution in [3.8, 4) is 0 Å². The van der Waals surface area contributed by atoms with Gasteiger partial charge in [0, 0.05) is 7.11 Å². The third-order valence-electron chi connectivity index (χ3n) is 0.979. The Bertz CT molecular complexity index is 60.9. The van der Waals surface area contributed by atoms with Crippen LogP contribution in [0, 0.1) is 0 Å². The first kappa shape index (κ1) is 11.9. The van der Waals surface area contributed by atoms with Crippen molar-refractivity contribution in [3.05, 3.63) is 0 Å². The lowest BCUT2D eigenvalue weighted by Crippen LogP contribution is -2.36. The number of halogens is 1.